The number of hydrogen-bond donors (Lipinski definition) is 1. The Balaban J connectivity index is 1.62. The summed E-state index contributed by atoms with van der Waals surface area (Å²) >= 11 is 1.22. The zero-order valence-electron chi connectivity index (χ0n) is 25.7. The third-order valence-electron chi connectivity index (χ3n) is 7.29. The van der Waals surface area contributed by atoms with E-state index in [1.54, 1.807) is 44.4 Å². The minimum absolute atomic E-state index is 0.0146. The predicted molar refractivity (Wildman–Crippen MR) is 173 cm³/mol. The second-order valence-electron chi connectivity index (χ2n) is 10.4. The fraction of sp³-hybridized carbons (Fsp3) is 0.286. The molecule has 0 saturated heterocycles. The van der Waals surface area contributed by atoms with Gasteiger partial charge >= 0.3 is 5.97 Å². The molecule has 1 atom stereocenters. The first kappa shape index (κ1) is 31.6. The van der Waals surface area contributed by atoms with E-state index in [9.17, 15) is 14.7 Å². The van der Waals surface area contributed by atoms with Crippen molar-refractivity contribution in [2.24, 2.45) is 4.99 Å². The fourth-order valence-electron chi connectivity index (χ4n) is 5.04. The molecule has 1 aliphatic rings. The number of thiazole rings is 1. The molecule has 3 aromatic carbocycles. The van der Waals surface area contributed by atoms with Crippen LogP contribution in [0.2, 0.25) is 0 Å². The molecule has 0 spiro atoms. The van der Waals surface area contributed by atoms with E-state index in [0.29, 0.717) is 56.6 Å². The van der Waals surface area contributed by atoms with Crippen LogP contribution in [-0.2, 0) is 16.1 Å². The van der Waals surface area contributed by atoms with Crippen molar-refractivity contribution in [1.29, 1.82) is 0 Å². The molecule has 4 aromatic rings. The van der Waals surface area contributed by atoms with Gasteiger partial charge in [-0.25, -0.2) is 9.79 Å². The van der Waals surface area contributed by atoms with Gasteiger partial charge in [0.05, 0.1) is 42.2 Å². The van der Waals surface area contributed by atoms with Gasteiger partial charge < -0.3 is 24.1 Å². The monoisotopic (exact) mass is 628 g/mol. The van der Waals surface area contributed by atoms with Gasteiger partial charge in [0.2, 0.25) is 0 Å². The maximum atomic E-state index is 14.1. The quantitative estimate of drug-likeness (QED) is 0.168. The van der Waals surface area contributed by atoms with Crippen LogP contribution in [0.1, 0.15) is 56.3 Å². The van der Waals surface area contributed by atoms with Crippen LogP contribution in [0.4, 0.5) is 0 Å². The largest absolute Gasteiger partial charge is 0.504 e. The van der Waals surface area contributed by atoms with E-state index in [4.69, 9.17) is 23.9 Å². The minimum Gasteiger partial charge on any atom is -0.504 e. The number of benzene rings is 3. The highest BCUT2D eigenvalue weighted by molar-refractivity contribution is 7.07. The summed E-state index contributed by atoms with van der Waals surface area (Å²) in [5.41, 5.74) is 2.55. The lowest BCUT2D eigenvalue weighted by molar-refractivity contribution is -0.140. The van der Waals surface area contributed by atoms with Crippen molar-refractivity contribution in [2.75, 3.05) is 20.3 Å². The Morgan fingerprint density at radius 2 is 1.82 bits per heavy atom. The van der Waals surface area contributed by atoms with E-state index < -0.39 is 12.0 Å². The molecule has 0 radical (unpaired) electrons. The summed E-state index contributed by atoms with van der Waals surface area (Å²) in [5.74, 6) is 0.838. The molecule has 0 aliphatic carbocycles. The maximum Gasteiger partial charge on any atom is 0.338 e. The van der Waals surface area contributed by atoms with Crippen LogP contribution in [0.15, 0.2) is 87.8 Å². The number of carbonyl (C=O) groups is 1. The summed E-state index contributed by atoms with van der Waals surface area (Å²) in [5, 5.41) is 10.1. The lowest BCUT2D eigenvalue weighted by Crippen LogP contribution is -2.39. The van der Waals surface area contributed by atoms with Gasteiger partial charge in [-0.3, -0.25) is 9.36 Å². The first-order valence-electron chi connectivity index (χ1n) is 14.8. The summed E-state index contributed by atoms with van der Waals surface area (Å²) in [7, 11) is 1.56. The van der Waals surface area contributed by atoms with Crippen LogP contribution in [0, 0.1) is 0 Å². The number of methoxy groups -OCH3 is 1. The Labute approximate surface area is 265 Å². The number of rotatable bonds is 12. The average molecular weight is 629 g/mol. The maximum absolute atomic E-state index is 14.1. The molecule has 1 aromatic heterocycles. The summed E-state index contributed by atoms with van der Waals surface area (Å²) in [4.78, 5) is 33.0. The summed E-state index contributed by atoms with van der Waals surface area (Å²) < 4.78 is 24.8. The number of aromatic nitrogens is 1. The fourth-order valence-corrected chi connectivity index (χ4v) is 6.09. The predicted octanol–water partition coefficient (Wildman–Crippen LogP) is 5.27. The van der Waals surface area contributed by atoms with Crippen molar-refractivity contribution in [3.8, 4) is 23.0 Å². The van der Waals surface area contributed by atoms with Gasteiger partial charge in [-0.2, -0.15) is 0 Å². The molecule has 0 fully saturated rings. The van der Waals surface area contributed by atoms with E-state index in [0.717, 1.165) is 18.4 Å². The minimum atomic E-state index is -0.830. The highest BCUT2D eigenvalue weighted by atomic mass is 32.1. The van der Waals surface area contributed by atoms with Crippen molar-refractivity contribution in [2.45, 2.75) is 46.3 Å². The molecule has 1 aliphatic heterocycles. The molecule has 1 N–H and O–H groups in total. The smallest absolute Gasteiger partial charge is 0.338 e. The van der Waals surface area contributed by atoms with E-state index in [1.807, 2.05) is 43.3 Å². The van der Waals surface area contributed by atoms with Crippen molar-refractivity contribution < 1.29 is 28.8 Å². The lowest BCUT2D eigenvalue weighted by atomic mass is 9.95. The van der Waals surface area contributed by atoms with Gasteiger partial charge in [0, 0.05) is 0 Å². The number of phenolic OH excluding ortho intramolecular Hbond substituents is 1. The van der Waals surface area contributed by atoms with Gasteiger partial charge in [0.25, 0.3) is 5.56 Å². The van der Waals surface area contributed by atoms with Crippen molar-refractivity contribution in [3.05, 3.63) is 114 Å². The molecule has 0 amide bonds. The van der Waals surface area contributed by atoms with E-state index >= 15 is 0 Å². The van der Waals surface area contributed by atoms with Crippen molar-refractivity contribution in [1.82, 2.24) is 4.57 Å². The van der Waals surface area contributed by atoms with Crippen LogP contribution < -0.4 is 29.1 Å². The standard InChI is InChI=1S/C35H36N2O7S/c1-5-7-17-43-27-16-14-25(20-29(27)41-4)32-31(34(40)44-21-23-11-9-8-10-12-23)22(3)36-35-37(32)33(39)30(45-35)19-24-13-15-26(38)28(18-24)42-6-2/h8-16,18-20,32,38H,5-7,17,21H2,1-4H3/b30-19-. The van der Waals surface area contributed by atoms with E-state index in [-0.39, 0.29) is 23.5 Å². The molecule has 5 rings (SSSR count). The molecule has 0 bridgehead atoms. The number of carbonyl (C=O) groups excluding carboxylic acids is 1. The summed E-state index contributed by atoms with van der Waals surface area (Å²) in [6.45, 7) is 6.66. The number of aromatic hydroxyl groups is 1. The SMILES string of the molecule is CCCCOc1ccc(C2C(C(=O)OCc3ccccc3)=C(C)N=c3s/c(=C\c4ccc(O)c(OCC)c4)c(=O)n32)cc1OC. The summed E-state index contributed by atoms with van der Waals surface area (Å²) in [6, 6.07) is 18.9. The van der Waals surface area contributed by atoms with Crippen LogP contribution in [-0.4, -0.2) is 36.0 Å². The zero-order chi connectivity index (χ0) is 31.9. The molecule has 45 heavy (non-hydrogen) atoms. The second kappa shape index (κ2) is 14.3. The third-order valence-corrected chi connectivity index (χ3v) is 8.28. The Morgan fingerprint density at radius 3 is 2.56 bits per heavy atom. The Bertz CT molecular complexity index is 1890. The van der Waals surface area contributed by atoms with E-state index in [1.165, 1.54) is 22.0 Å². The summed E-state index contributed by atoms with van der Waals surface area (Å²) in [6.07, 6.45) is 3.61. The first-order valence-corrected chi connectivity index (χ1v) is 15.7. The number of hydrogen-bond acceptors (Lipinski definition) is 9. The average Bonchev–Trinajstić information content (AvgIpc) is 3.35. The number of phenols is 1. The van der Waals surface area contributed by atoms with Gasteiger partial charge in [-0.05, 0) is 67.3 Å². The van der Waals surface area contributed by atoms with Crippen LogP contribution >= 0.6 is 11.3 Å². The third kappa shape index (κ3) is 6.96. The molecule has 2 heterocycles. The van der Waals surface area contributed by atoms with Gasteiger partial charge in [0.1, 0.15) is 6.61 Å². The topological polar surface area (TPSA) is 109 Å². The molecule has 10 heteroatoms. The van der Waals surface area contributed by atoms with Crippen molar-refractivity contribution >= 4 is 23.4 Å². The Kier molecular flexibility index (Phi) is 10.0. The molecule has 0 saturated carbocycles. The number of fused-ring (bicyclic) bond motifs is 1. The number of allylic oxidation sites excluding steroid dienone is 1. The number of unbranched alkanes of at least 4 members (excludes halogenated alkanes) is 1. The van der Waals surface area contributed by atoms with E-state index in [2.05, 4.69) is 6.92 Å². The Morgan fingerprint density at radius 1 is 1.02 bits per heavy atom. The van der Waals surface area contributed by atoms with Crippen molar-refractivity contribution in [3.63, 3.8) is 0 Å². The first-order chi connectivity index (χ1) is 21.8. The number of esters is 1. The Hall–Kier alpha value is -4.83. The molecule has 234 valence electrons. The highest BCUT2D eigenvalue weighted by Crippen LogP contribution is 2.36. The highest BCUT2D eigenvalue weighted by Gasteiger charge is 2.34. The molecular weight excluding hydrogens is 592 g/mol. The van der Waals surface area contributed by atoms with Crippen LogP contribution in [0.25, 0.3) is 6.08 Å². The van der Waals surface area contributed by atoms with Crippen LogP contribution in [0.5, 0.6) is 23.0 Å². The molecule has 1 unspecified atom stereocenters. The number of ether oxygens (including phenoxy) is 4. The van der Waals surface area contributed by atoms with Gasteiger partial charge in [0.15, 0.2) is 27.8 Å². The zero-order valence-corrected chi connectivity index (χ0v) is 26.6. The molecule has 9 nitrogen and oxygen atoms in total. The van der Waals surface area contributed by atoms with Crippen LogP contribution in [0.3, 0.4) is 0 Å². The normalized spacial score (nSPS) is 14.5. The number of nitrogens with zero attached hydrogens (tertiary/aromatic N) is 2. The van der Waals surface area contributed by atoms with Gasteiger partial charge in [-0.1, -0.05) is 67.1 Å². The molecular formula is C35H36N2O7S. The lowest BCUT2D eigenvalue weighted by Gasteiger charge is -2.25. The second-order valence-corrected chi connectivity index (χ2v) is 11.4. The van der Waals surface area contributed by atoms with Gasteiger partial charge in [-0.15, -0.1) is 0 Å².